The van der Waals surface area contributed by atoms with E-state index in [4.69, 9.17) is 11.6 Å². The molecule has 1 N–H and O–H groups in total. The third-order valence-electron chi connectivity index (χ3n) is 5.15. The quantitative estimate of drug-likeness (QED) is 0.821. The van der Waals surface area contributed by atoms with E-state index < -0.39 is 0 Å². The largest absolute Gasteiger partial charge is 0.314 e. The van der Waals surface area contributed by atoms with E-state index >= 15 is 0 Å². The molecule has 0 spiro atoms. The minimum Gasteiger partial charge on any atom is -0.314 e. The molecular weight excluding hydrogens is 285 g/mol. The zero-order valence-electron chi connectivity index (χ0n) is 12.7. The van der Waals surface area contributed by atoms with Crippen LogP contribution in [-0.4, -0.2) is 12.6 Å². The van der Waals surface area contributed by atoms with Crippen LogP contribution in [0.1, 0.15) is 44.6 Å². The van der Waals surface area contributed by atoms with Crippen LogP contribution in [0.2, 0.25) is 5.02 Å². The summed E-state index contributed by atoms with van der Waals surface area (Å²) in [5.74, 6) is 1.91. The second-order valence-corrected chi connectivity index (χ2v) is 7.50. The van der Waals surface area contributed by atoms with Crippen molar-refractivity contribution in [2.75, 3.05) is 6.54 Å². The van der Waals surface area contributed by atoms with Gasteiger partial charge in [-0.2, -0.15) is 0 Å². The lowest BCUT2D eigenvalue weighted by molar-refractivity contribution is 0.182. The van der Waals surface area contributed by atoms with Crippen molar-refractivity contribution in [3.63, 3.8) is 0 Å². The van der Waals surface area contributed by atoms with Crippen molar-refractivity contribution in [3.05, 3.63) is 34.6 Å². The van der Waals surface area contributed by atoms with E-state index in [0.29, 0.717) is 16.9 Å². The average molecular weight is 310 g/mol. The molecular formula is C18H25ClFN. The summed E-state index contributed by atoms with van der Waals surface area (Å²) >= 11 is 5.85. The Kier molecular flexibility index (Phi) is 4.85. The van der Waals surface area contributed by atoms with Crippen LogP contribution < -0.4 is 5.32 Å². The van der Waals surface area contributed by atoms with E-state index in [0.717, 1.165) is 30.5 Å². The molecule has 2 aliphatic rings. The number of benzene rings is 1. The lowest BCUT2D eigenvalue weighted by Gasteiger charge is -2.35. The Labute approximate surface area is 132 Å². The Balaban J connectivity index is 1.65. The maximum absolute atomic E-state index is 14.1. The Morgan fingerprint density at radius 2 is 2.00 bits per heavy atom. The maximum atomic E-state index is 14.1. The van der Waals surface area contributed by atoms with E-state index in [1.54, 1.807) is 0 Å². The summed E-state index contributed by atoms with van der Waals surface area (Å²) in [5.41, 5.74) is 0.829. The molecule has 0 aromatic heterocycles. The van der Waals surface area contributed by atoms with E-state index in [-0.39, 0.29) is 5.82 Å². The molecule has 0 bridgehead atoms. The van der Waals surface area contributed by atoms with E-state index in [1.807, 2.05) is 12.1 Å². The minimum atomic E-state index is -0.144. The first kappa shape index (κ1) is 15.3. The fraction of sp³-hybridized carbons (Fsp3) is 0.667. The second kappa shape index (κ2) is 6.66. The van der Waals surface area contributed by atoms with E-state index in [1.165, 1.54) is 38.2 Å². The summed E-state index contributed by atoms with van der Waals surface area (Å²) in [7, 11) is 0. The average Bonchev–Trinajstić information content (AvgIpc) is 3.25. The Morgan fingerprint density at radius 1 is 1.19 bits per heavy atom. The van der Waals surface area contributed by atoms with Gasteiger partial charge in [0.15, 0.2) is 0 Å². The molecule has 1 nitrogen and oxygen atoms in total. The highest BCUT2D eigenvalue weighted by Crippen LogP contribution is 2.36. The molecule has 3 rings (SSSR count). The molecule has 2 fully saturated rings. The number of hydrogen-bond donors (Lipinski definition) is 1. The van der Waals surface area contributed by atoms with Crippen molar-refractivity contribution >= 4 is 11.6 Å². The maximum Gasteiger partial charge on any atom is 0.127 e. The van der Waals surface area contributed by atoms with Gasteiger partial charge < -0.3 is 5.32 Å². The fourth-order valence-corrected chi connectivity index (χ4v) is 3.81. The molecule has 1 aromatic carbocycles. The summed E-state index contributed by atoms with van der Waals surface area (Å²) in [6.07, 6.45) is 7.33. The van der Waals surface area contributed by atoms with Crippen LogP contribution in [0.5, 0.6) is 0 Å². The molecule has 3 unspecified atom stereocenters. The Bertz CT molecular complexity index is 486. The molecule has 0 heterocycles. The molecule has 21 heavy (non-hydrogen) atoms. The fourth-order valence-electron chi connectivity index (χ4n) is 3.66. The molecule has 0 radical (unpaired) electrons. The van der Waals surface area contributed by atoms with Gasteiger partial charge in [-0.25, -0.2) is 4.39 Å². The Morgan fingerprint density at radius 3 is 2.71 bits per heavy atom. The van der Waals surface area contributed by atoms with Gasteiger partial charge in [-0.3, -0.25) is 0 Å². The predicted molar refractivity (Wildman–Crippen MR) is 86.1 cm³/mol. The number of nitrogens with one attached hydrogen (secondary N) is 1. The molecule has 116 valence electrons. The summed E-state index contributed by atoms with van der Waals surface area (Å²) in [6, 6.07) is 5.88. The monoisotopic (exact) mass is 309 g/mol. The van der Waals surface area contributed by atoms with E-state index in [2.05, 4.69) is 12.2 Å². The van der Waals surface area contributed by atoms with Crippen molar-refractivity contribution in [3.8, 4) is 0 Å². The number of hydrogen-bond acceptors (Lipinski definition) is 1. The van der Waals surface area contributed by atoms with Gasteiger partial charge in [-0.1, -0.05) is 31.0 Å². The van der Waals surface area contributed by atoms with Gasteiger partial charge in [0.2, 0.25) is 0 Å². The van der Waals surface area contributed by atoms with Crippen LogP contribution in [0.25, 0.3) is 0 Å². The van der Waals surface area contributed by atoms with Crippen molar-refractivity contribution in [2.24, 2.45) is 17.8 Å². The van der Waals surface area contributed by atoms with Crippen LogP contribution in [0.15, 0.2) is 18.2 Å². The second-order valence-electron chi connectivity index (χ2n) is 7.06. The van der Waals surface area contributed by atoms with Crippen LogP contribution in [-0.2, 0) is 6.42 Å². The molecule has 0 saturated heterocycles. The first-order valence-corrected chi connectivity index (χ1v) is 8.67. The highest BCUT2D eigenvalue weighted by Gasteiger charge is 2.31. The minimum absolute atomic E-state index is 0.144. The summed E-state index contributed by atoms with van der Waals surface area (Å²) in [6.45, 7) is 3.44. The molecule has 3 atom stereocenters. The van der Waals surface area contributed by atoms with Gasteiger partial charge in [0.05, 0.1) is 0 Å². The molecule has 2 aliphatic carbocycles. The van der Waals surface area contributed by atoms with Crippen molar-refractivity contribution in [1.29, 1.82) is 0 Å². The van der Waals surface area contributed by atoms with E-state index in [9.17, 15) is 4.39 Å². The lowest BCUT2D eigenvalue weighted by atomic mass is 9.72. The summed E-state index contributed by atoms with van der Waals surface area (Å²) in [4.78, 5) is 0. The van der Waals surface area contributed by atoms with Gasteiger partial charge in [0, 0.05) is 11.1 Å². The first-order valence-electron chi connectivity index (χ1n) is 8.29. The van der Waals surface area contributed by atoms with Gasteiger partial charge >= 0.3 is 0 Å². The number of rotatable bonds is 5. The molecule has 3 heteroatoms. The molecule has 0 aliphatic heterocycles. The predicted octanol–water partition coefficient (Wildman–Crippen LogP) is 4.83. The molecule has 1 aromatic rings. The van der Waals surface area contributed by atoms with Gasteiger partial charge in [0.1, 0.15) is 5.82 Å². The van der Waals surface area contributed by atoms with Gasteiger partial charge in [-0.05, 0) is 74.1 Å². The Hall–Kier alpha value is -0.600. The summed E-state index contributed by atoms with van der Waals surface area (Å²) in [5, 5.41) is 4.15. The lowest BCUT2D eigenvalue weighted by Crippen LogP contribution is -2.34. The van der Waals surface area contributed by atoms with Crippen LogP contribution >= 0.6 is 11.6 Å². The van der Waals surface area contributed by atoms with Gasteiger partial charge in [0.25, 0.3) is 0 Å². The highest BCUT2D eigenvalue weighted by molar-refractivity contribution is 6.30. The standard InChI is InChI=1S/C18H25ClFN/c1-12-2-3-14(11-21-17-6-7-17)15(8-12)9-13-4-5-16(19)10-18(13)20/h4-5,10,12,14-15,17,21H,2-3,6-9,11H2,1H3. The van der Waals surface area contributed by atoms with Crippen LogP contribution in [0.3, 0.4) is 0 Å². The SMILES string of the molecule is CC1CCC(CNC2CC2)C(Cc2ccc(Cl)cc2F)C1. The number of halogens is 2. The third kappa shape index (κ3) is 4.20. The van der Waals surface area contributed by atoms with Crippen molar-refractivity contribution < 1.29 is 4.39 Å². The van der Waals surface area contributed by atoms with Crippen molar-refractivity contribution in [2.45, 2.75) is 51.5 Å². The normalized spacial score (nSPS) is 29.6. The molecule has 0 amide bonds. The third-order valence-corrected chi connectivity index (χ3v) is 5.38. The topological polar surface area (TPSA) is 12.0 Å². The summed E-state index contributed by atoms with van der Waals surface area (Å²) < 4.78 is 14.1. The smallest absolute Gasteiger partial charge is 0.127 e. The highest BCUT2D eigenvalue weighted by atomic mass is 35.5. The molecule has 2 saturated carbocycles. The zero-order chi connectivity index (χ0) is 14.8. The first-order chi connectivity index (χ1) is 10.1. The van der Waals surface area contributed by atoms with Crippen LogP contribution in [0.4, 0.5) is 4.39 Å². The van der Waals surface area contributed by atoms with Gasteiger partial charge in [-0.15, -0.1) is 0 Å². The zero-order valence-corrected chi connectivity index (χ0v) is 13.5. The van der Waals surface area contributed by atoms with Crippen LogP contribution in [0, 0.1) is 23.6 Å². The van der Waals surface area contributed by atoms with Crippen molar-refractivity contribution in [1.82, 2.24) is 5.32 Å².